The summed E-state index contributed by atoms with van der Waals surface area (Å²) in [5, 5.41) is 0. The van der Waals surface area contributed by atoms with E-state index < -0.39 is 0 Å². The average Bonchev–Trinajstić information content (AvgIpc) is 2.40. The quantitative estimate of drug-likeness (QED) is 0.646. The first-order valence-corrected chi connectivity index (χ1v) is 5.53. The maximum absolute atomic E-state index is 11.9. The topological polar surface area (TPSA) is 17.1 Å². The molecule has 13 heavy (non-hydrogen) atoms. The van der Waals surface area contributed by atoms with E-state index in [0.29, 0.717) is 0 Å². The molecule has 0 fully saturated rings. The first-order valence-electron chi connectivity index (χ1n) is 4.34. The number of carbonyl (C=O) groups excluding carboxylic acids is 1. The van der Waals surface area contributed by atoms with Gasteiger partial charge in [0.15, 0.2) is 5.78 Å². The predicted molar refractivity (Wildman–Crippen MR) is 55.8 cm³/mol. The Bertz CT molecular complexity index is 365. The van der Waals surface area contributed by atoms with Crippen molar-refractivity contribution in [2.24, 2.45) is 5.41 Å². The number of ketones is 1. The van der Waals surface area contributed by atoms with Crippen LogP contribution in [-0.2, 0) is 6.42 Å². The Kier molecular flexibility index (Phi) is 2.00. The van der Waals surface area contributed by atoms with Crippen molar-refractivity contribution in [3.05, 3.63) is 20.8 Å². The molecule has 0 unspecified atom stereocenters. The molecule has 0 amide bonds. The highest BCUT2D eigenvalue weighted by molar-refractivity contribution is 7.18. The largest absolute Gasteiger partial charge is 0.293 e. The normalized spacial score (nSPS) is 20.1. The van der Waals surface area contributed by atoms with Crippen LogP contribution in [0.1, 0.15) is 35.5 Å². The van der Waals surface area contributed by atoms with E-state index in [1.54, 1.807) is 0 Å². The lowest BCUT2D eigenvalue weighted by Gasteiger charge is -2.27. The van der Waals surface area contributed by atoms with Crippen molar-refractivity contribution in [3.63, 3.8) is 0 Å². The maximum atomic E-state index is 11.9. The van der Waals surface area contributed by atoms with Crippen molar-refractivity contribution >= 4 is 28.7 Å². The minimum absolute atomic E-state index is 0.193. The Labute approximate surface area is 86.7 Å². The van der Waals surface area contributed by atoms with Gasteiger partial charge in [0.05, 0.1) is 9.21 Å². The summed E-state index contributed by atoms with van der Waals surface area (Å²) in [7, 11) is 0. The molecule has 1 aromatic heterocycles. The lowest BCUT2D eigenvalue weighted by atomic mass is 9.77. The summed E-state index contributed by atoms with van der Waals surface area (Å²) in [4.78, 5) is 12.8. The molecule has 0 atom stereocenters. The highest BCUT2D eigenvalue weighted by atomic mass is 35.5. The molecule has 0 bridgehead atoms. The number of hydrogen-bond donors (Lipinski definition) is 0. The van der Waals surface area contributed by atoms with Crippen LogP contribution in [0.4, 0.5) is 0 Å². The molecule has 1 heterocycles. The first-order chi connectivity index (χ1) is 6.00. The highest BCUT2D eigenvalue weighted by Crippen LogP contribution is 2.40. The van der Waals surface area contributed by atoms with Gasteiger partial charge in [-0.05, 0) is 24.5 Å². The SMILES string of the molecule is CC1(C)CCc2cc(Cl)sc2C1=O. The van der Waals surface area contributed by atoms with E-state index in [-0.39, 0.29) is 11.2 Å². The zero-order valence-electron chi connectivity index (χ0n) is 7.69. The van der Waals surface area contributed by atoms with E-state index in [1.165, 1.54) is 11.3 Å². The van der Waals surface area contributed by atoms with Crippen molar-refractivity contribution in [3.8, 4) is 0 Å². The molecular formula is C10H11ClOS. The van der Waals surface area contributed by atoms with Gasteiger partial charge in [-0.1, -0.05) is 25.4 Å². The van der Waals surface area contributed by atoms with Gasteiger partial charge in [0.25, 0.3) is 0 Å². The van der Waals surface area contributed by atoms with Crippen LogP contribution in [0.3, 0.4) is 0 Å². The second-order valence-electron chi connectivity index (χ2n) is 4.12. The second kappa shape index (κ2) is 2.82. The van der Waals surface area contributed by atoms with Crippen LogP contribution in [0.5, 0.6) is 0 Å². The molecule has 1 nitrogen and oxygen atoms in total. The van der Waals surface area contributed by atoms with Crippen LogP contribution in [-0.4, -0.2) is 5.78 Å². The number of thiophene rings is 1. The van der Waals surface area contributed by atoms with Gasteiger partial charge in [-0.15, -0.1) is 11.3 Å². The molecule has 0 aliphatic heterocycles. The summed E-state index contributed by atoms with van der Waals surface area (Å²) in [6, 6.07) is 1.93. The third-order valence-corrected chi connectivity index (χ3v) is 3.92. The first kappa shape index (κ1) is 9.22. The van der Waals surface area contributed by atoms with Crippen LogP contribution in [0, 0.1) is 5.41 Å². The van der Waals surface area contributed by atoms with Crippen LogP contribution >= 0.6 is 22.9 Å². The summed E-state index contributed by atoms with van der Waals surface area (Å²) in [5.41, 5.74) is 0.945. The Hall–Kier alpha value is -0.340. The van der Waals surface area contributed by atoms with Crippen LogP contribution in [0.15, 0.2) is 6.07 Å². The Balaban J connectivity index is 2.51. The molecule has 2 rings (SSSR count). The van der Waals surface area contributed by atoms with E-state index >= 15 is 0 Å². The molecule has 0 aromatic carbocycles. The number of fused-ring (bicyclic) bond motifs is 1. The van der Waals surface area contributed by atoms with Gasteiger partial charge in [-0.25, -0.2) is 0 Å². The van der Waals surface area contributed by atoms with E-state index in [0.717, 1.165) is 27.6 Å². The number of aryl methyl sites for hydroxylation is 1. The monoisotopic (exact) mass is 214 g/mol. The molecule has 3 heteroatoms. The number of halogens is 1. The van der Waals surface area contributed by atoms with Gasteiger partial charge >= 0.3 is 0 Å². The summed E-state index contributed by atoms with van der Waals surface area (Å²) in [6.45, 7) is 4.01. The fraction of sp³-hybridized carbons (Fsp3) is 0.500. The fourth-order valence-electron chi connectivity index (χ4n) is 1.64. The zero-order valence-corrected chi connectivity index (χ0v) is 9.26. The van der Waals surface area contributed by atoms with E-state index in [1.807, 2.05) is 19.9 Å². The second-order valence-corrected chi connectivity index (χ2v) is 5.80. The molecular weight excluding hydrogens is 204 g/mol. The molecule has 1 aliphatic rings. The van der Waals surface area contributed by atoms with E-state index in [2.05, 4.69) is 0 Å². The molecule has 0 spiro atoms. The third kappa shape index (κ3) is 1.42. The van der Waals surface area contributed by atoms with Gasteiger partial charge in [0, 0.05) is 5.41 Å². The Morgan fingerprint density at radius 3 is 2.92 bits per heavy atom. The third-order valence-electron chi connectivity index (χ3n) is 2.62. The van der Waals surface area contributed by atoms with Gasteiger partial charge in [-0.3, -0.25) is 4.79 Å². The maximum Gasteiger partial charge on any atom is 0.178 e. The molecule has 0 saturated carbocycles. The minimum Gasteiger partial charge on any atom is -0.293 e. The summed E-state index contributed by atoms with van der Waals surface area (Å²) < 4.78 is 0.732. The van der Waals surface area contributed by atoms with Crippen molar-refractivity contribution < 1.29 is 4.79 Å². The van der Waals surface area contributed by atoms with Gasteiger partial charge in [0.1, 0.15) is 0 Å². The standard InChI is InChI=1S/C10H11ClOS/c1-10(2)4-3-6-5-7(11)13-8(6)9(10)12/h5H,3-4H2,1-2H3. The smallest absolute Gasteiger partial charge is 0.178 e. The number of Topliss-reactive ketones (excluding diaryl/α,β-unsaturated/α-hetero) is 1. The van der Waals surface area contributed by atoms with Gasteiger partial charge < -0.3 is 0 Å². The lowest BCUT2D eigenvalue weighted by molar-refractivity contribution is 0.0816. The molecule has 1 aromatic rings. The highest BCUT2D eigenvalue weighted by Gasteiger charge is 2.35. The lowest BCUT2D eigenvalue weighted by Crippen LogP contribution is -2.28. The van der Waals surface area contributed by atoms with Crippen LogP contribution < -0.4 is 0 Å². The van der Waals surface area contributed by atoms with Crippen LogP contribution in [0.25, 0.3) is 0 Å². The van der Waals surface area contributed by atoms with Crippen molar-refractivity contribution in [2.75, 3.05) is 0 Å². The number of carbonyl (C=O) groups is 1. The molecule has 0 saturated heterocycles. The van der Waals surface area contributed by atoms with E-state index in [9.17, 15) is 4.79 Å². The Morgan fingerprint density at radius 2 is 2.23 bits per heavy atom. The minimum atomic E-state index is -0.193. The van der Waals surface area contributed by atoms with Crippen molar-refractivity contribution in [1.29, 1.82) is 0 Å². The molecule has 0 N–H and O–H groups in total. The fourth-order valence-corrected chi connectivity index (χ4v) is 3.06. The van der Waals surface area contributed by atoms with Crippen LogP contribution in [0.2, 0.25) is 4.34 Å². The molecule has 0 radical (unpaired) electrons. The number of hydrogen-bond acceptors (Lipinski definition) is 2. The summed E-state index contributed by atoms with van der Waals surface area (Å²) in [6.07, 6.45) is 1.92. The van der Waals surface area contributed by atoms with Gasteiger partial charge in [-0.2, -0.15) is 0 Å². The zero-order chi connectivity index (χ0) is 9.64. The van der Waals surface area contributed by atoms with Crippen molar-refractivity contribution in [1.82, 2.24) is 0 Å². The average molecular weight is 215 g/mol. The molecule has 1 aliphatic carbocycles. The van der Waals surface area contributed by atoms with Gasteiger partial charge in [0.2, 0.25) is 0 Å². The van der Waals surface area contributed by atoms with Crippen molar-refractivity contribution in [2.45, 2.75) is 26.7 Å². The van der Waals surface area contributed by atoms with E-state index in [4.69, 9.17) is 11.6 Å². The summed E-state index contributed by atoms with van der Waals surface area (Å²) in [5.74, 6) is 0.255. The molecule has 70 valence electrons. The number of rotatable bonds is 0. The Morgan fingerprint density at radius 1 is 1.54 bits per heavy atom. The predicted octanol–water partition coefficient (Wildman–Crippen LogP) is 3.56. The summed E-state index contributed by atoms with van der Waals surface area (Å²) >= 11 is 7.29.